The van der Waals surface area contributed by atoms with Crippen molar-refractivity contribution in [3.8, 4) is 5.75 Å². The average molecular weight is 496 g/mol. The highest BCUT2D eigenvalue weighted by molar-refractivity contribution is 7.92. The number of hydrogen-bond donors (Lipinski definition) is 1. The summed E-state index contributed by atoms with van der Waals surface area (Å²) in [6.45, 7) is -0.342. The van der Waals surface area contributed by atoms with E-state index in [9.17, 15) is 13.2 Å². The number of amides is 1. The van der Waals surface area contributed by atoms with E-state index in [-0.39, 0.29) is 12.0 Å². The third kappa shape index (κ3) is 5.08. The van der Waals surface area contributed by atoms with Crippen LogP contribution >= 0.6 is 0 Å². The zero-order valence-corrected chi connectivity index (χ0v) is 21.1. The van der Waals surface area contributed by atoms with Crippen LogP contribution in [0.15, 0.2) is 53.6 Å². The maximum Gasteiger partial charge on any atom is 0.260 e. The molecular formula is C27H33N3O4S. The molecule has 8 heteroatoms. The Morgan fingerprint density at radius 1 is 1.09 bits per heavy atom. The Morgan fingerprint density at radius 2 is 1.71 bits per heavy atom. The van der Waals surface area contributed by atoms with Crippen molar-refractivity contribution < 1.29 is 17.9 Å². The number of rotatable bonds is 8. The number of methoxy groups -OCH3 is 1. The molecule has 0 atom stereocenters. The van der Waals surface area contributed by atoms with E-state index < -0.39 is 15.9 Å². The van der Waals surface area contributed by atoms with Crippen molar-refractivity contribution in [3.05, 3.63) is 59.7 Å². The lowest BCUT2D eigenvalue weighted by molar-refractivity contribution is -0.119. The van der Waals surface area contributed by atoms with Crippen LogP contribution in [-0.2, 0) is 20.2 Å². The summed E-state index contributed by atoms with van der Waals surface area (Å²) in [5, 5.41) is 3.96. The number of hydrazone groups is 1. The molecule has 4 fully saturated rings. The zero-order valence-electron chi connectivity index (χ0n) is 20.3. The molecule has 4 aliphatic rings. The van der Waals surface area contributed by atoms with Crippen molar-refractivity contribution in [1.29, 1.82) is 0 Å². The van der Waals surface area contributed by atoms with Crippen molar-refractivity contribution in [1.82, 2.24) is 5.43 Å². The van der Waals surface area contributed by atoms with E-state index in [1.807, 2.05) is 30.3 Å². The van der Waals surface area contributed by atoms with E-state index in [0.29, 0.717) is 11.4 Å². The summed E-state index contributed by atoms with van der Waals surface area (Å²) in [5.74, 6) is 2.69. The summed E-state index contributed by atoms with van der Waals surface area (Å²) < 4.78 is 31.4. The van der Waals surface area contributed by atoms with E-state index in [1.54, 1.807) is 13.2 Å². The third-order valence-corrected chi connectivity index (χ3v) is 9.13. The molecule has 6 rings (SSSR count). The molecule has 1 amide bonds. The number of benzene rings is 2. The van der Waals surface area contributed by atoms with Crippen molar-refractivity contribution >= 4 is 27.8 Å². The molecule has 7 nitrogen and oxygen atoms in total. The van der Waals surface area contributed by atoms with E-state index in [4.69, 9.17) is 4.74 Å². The Bertz CT molecular complexity index is 1190. The summed E-state index contributed by atoms with van der Waals surface area (Å²) in [7, 11) is -2.08. The Hall–Kier alpha value is -2.87. The fraction of sp³-hybridized carbons (Fsp3) is 0.481. The van der Waals surface area contributed by atoms with Gasteiger partial charge in [0.05, 0.1) is 25.3 Å². The first-order chi connectivity index (χ1) is 16.7. The molecule has 186 valence electrons. The number of carbonyl (C=O) groups excluding carboxylic acids is 1. The van der Waals surface area contributed by atoms with Gasteiger partial charge in [0.1, 0.15) is 12.3 Å². The molecule has 1 N–H and O–H groups in total. The summed E-state index contributed by atoms with van der Waals surface area (Å²) in [6.07, 6.45) is 10.5. The zero-order chi connectivity index (χ0) is 24.6. The molecule has 0 unspecified atom stereocenters. The molecule has 0 heterocycles. The maximum atomic E-state index is 12.5. The number of sulfonamides is 1. The van der Waals surface area contributed by atoms with E-state index in [1.165, 1.54) is 50.3 Å². The molecule has 0 aliphatic heterocycles. The minimum atomic E-state index is -3.65. The van der Waals surface area contributed by atoms with Gasteiger partial charge >= 0.3 is 0 Å². The highest BCUT2D eigenvalue weighted by atomic mass is 32.2. The average Bonchev–Trinajstić information content (AvgIpc) is 2.81. The molecule has 2 aromatic rings. The van der Waals surface area contributed by atoms with Gasteiger partial charge in [-0.1, -0.05) is 24.3 Å². The van der Waals surface area contributed by atoms with Crippen LogP contribution in [0.3, 0.4) is 0 Å². The van der Waals surface area contributed by atoms with Gasteiger partial charge in [-0.05, 0) is 97.1 Å². The van der Waals surface area contributed by atoms with Gasteiger partial charge in [0.2, 0.25) is 10.0 Å². The lowest BCUT2D eigenvalue weighted by atomic mass is 9.48. The van der Waals surface area contributed by atoms with Crippen LogP contribution in [0.5, 0.6) is 5.75 Å². The molecule has 0 aromatic heterocycles. The van der Waals surface area contributed by atoms with Gasteiger partial charge in [0.15, 0.2) is 0 Å². The molecule has 0 saturated heterocycles. The second-order valence-corrected chi connectivity index (χ2v) is 12.5. The van der Waals surface area contributed by atoms with Crippen molar-refractivity contribution in [3.63, 3.8) is 0 Å². The van der Waals surface area contributed by atoms with Crippen LogP contribution in [0.1, 0.15) is 49.7 Å². The molecule has 4 bridgehead atoms. The van der Waals surface area contributed by atoms with Gasteiger partial charge in [-0.2, -0.15) is 5.10 Å². The first kappa shape index (κ1) is 23.9. The number of ether oxygens (including phenoxy) is 1. The normalized spacial score (nSPS) is 27.2. The van der Waals surface area contributed by atoms with Gasteiger partial charge in [0.25, 0.3) is 5.91 Å². The minimum absolute atomic E-state index is 0.245. The summed E-state index contributed by atoms with van der Waals surface area (Å²) in [4.78, 5) is 12.5. The first-order valence-electron chi connectivity index (χ1n) is 12.3. The number of hydrogen-bond acceptors (Lipinski definition) is 5. The van der Waals surface area contributed by atoms with Crippen LogP contribution in [0, 0.1) is 17.8 Å². The number of anilines is 1. The Morgan fingerprint density at radius 3 is 2.29 bits per heavy atom. The molecule has 4 aliphatic carbocycles. The van der Waals surface area contributed by atoms with Gasteiger partial charge < -0.3 is 4.74 Å². The minimum Gasteiger partial charge on any atom is -0.497 e. The van der Waals surface area contributed by atoms with Crippen LogP contribution in [0.2, 0.25) is 0 Å². The number of nitrogens with zero attached hydrogens (tertiary/aromatic N) is 2. The van der Waals surface area contributed by atoms with E-state index in [0.717, 1.165) is 33.9 Å². The Kier molecular flexibility index (Phi) is 6.34. The second-order valence-electron chi connectivity index (χ2n) is 10.6. The maximum absolute atomic E-state index is 12.5. The Balaban J connectivity index is 1.27. The van der Waals surface area contributed by atoms with Gasteiger partial charge in [-0.25, -0.2) is 13.8 Å². The van der Waals surface area contributed by atoms with Crippen LogP contribution in [0.4, 0.5) is 5.69 Å². The van der Waals surface area contributed by atoms with Crippen molar-refractivity contribution in [2.75, 3.05) is 24.2 Å². The fourth-order valence-corrected chi connectivity index (χ4v) is 7.77. The second kappa shape index (κ2) is 9.30. The standard InChI is InChI=1S/C27H33N3O4S/c1-34-25-5-3-4-19(13-25)17-28-29-26(31)18-30(35(2,32)33)24-8-6-23(7-9-24)27-14-20-10-21(15-27)12-22(11-20)16-27/h3-9,13,17,20-22H,10-12,14-16,18H2,1-2H3,(H,29,31)/b28-17-. The summed E-state index contributed by atoms with van der Waals surface area (Å²) in [5.41, 5.74) is 5.24. The lowest BCUT2D eigenvalue weighted by Gasteiger charge is -2.57. The highest BCUT2D eigenvalue weighted by Crippen LogP contribution is 2.60. The van der Waals surface area contributed by atoms with E-state index >= 15 is 0 Å². The number of nitrogens with one attached hydrogen (secondary N) is 1. The summed E-state index contributed by atoms with van der Waals surface area (Å²) in [6, 6.07) is 15.1. The van der Waals surface area contributed by atoms with Crippen LogP contribution in [-0.4, -0.2) is 40.4 Å². The predicted octanol–water partition coefficient (Wildman–Crippen LogP) is 4.08. The molecule has 4 saturated carbocycles. The third-order valence-electron chi connectivity index (χ3n) is 7.99. The van der Waals surface area contributed by atoms with Gasteiger partial charge in [-0.3, -0.25) is 9.10 Å². The quantitative estimate of drug-likeness (QED) is 0.442. The molecule has 35 heavy (non-hydrogen) atoms. The van der Waals surface area contributed by atoms with Gasteiger partial charge in [0, 0.05) is 0 Å². The predicted molar refractivity (Wildman–Crippen MR) is 137 cm³/mol. The highest BCUT2D eigenvalue weighted by Gasteiger charge is 2.51. The van der Waals surface area contributed by atoms with Crippen molar-refractivity contribution in [2.24, 2.45) is 22.9 Å². The summed E-state index contributed by atoms with van der Waals surface area (Å²) >= 11 is 0. The van der Waals surface area contributed by atoms with E-state index in [2.05, 4.69) is 22.7 Å². The SMILES string of the molecule is COc1cccc(/C=N\NC(=O)CN(c2ccc(C34CC5CC(CC(C5)C3)C4)cc2)S(C)(=O)=O)c1. The fourth-order valence-electron chi connectivity index (χ4n) is 6.91. The lowest BCUT2D eigenvalue weighted by Crippen LogP contribution is -2.48. The topological polar surface area (TPSA) is 88.1 Å². The smallest absolute Gasteiger partial charge is 0.260 e. The number of carbonyl (C=O) groups is 1. The van der Waals surface area contributed by atoms with Gasteiger partial charge in [-0.15, -0.1) is 0 Å². The van der Waals surface area contributed by atoms with Crippen LogP contribution in [0.25, 0.3) is 0 Å². The monoisotopic (exact) mass is 495 g/mol. The first-order valence-corrected chi connectivity index (χ1v) is 14.1. The van der Waals surface area contributed by atoms with Crippen LogP contribution < -0.4 is 14.5 Å². The molecular weight excluding hydrogens is 462 g/mol. The largest absolute Gasteiger partial charge is 0.497 e. The Labute approximate surface area is 207 Å². The molecule has 2 aromatic carbocycles. The molecule has 0 radical (unpaired) electrons. The van der Waals surface area contributed by atoms with Crippen molar-refractivity contribution in [2.45, 2.75) is 43.9 Å². The molecule has 0 spiro atoms.